The van der Waals surface area contributed by atoms with Crippen molar-refractivity contribution in [1.82, 2.24) is 15.3 Å². The molecule has 1 heterocycles. The molecule has 1 atom stereocenters. The topological polar surface area (TPSA) is 47.0 Å². The van der Waals surface area contributed by atoms with E-state index in [9.17, 15) is 0 Å². The summed E-state index contributed by atoms with van der Waals surface area (Å²) in [5.74, 6) is 1.75. The Kier molecular flexibility index (Phi) is 5.18. The molecule has 0 aliphatic carbocycles. The molecular formula is C14H17N3OS. The van der Waals surface area contributed by atoms with Gasteiger partial charge in [0.15, 0.2) is 5.16 Å². The SMILES string of the molecule is CNC(CSc1ncccn1)c1ccc(OC)cc1. The van der Waals surface area contributed by atoms with Crippen LogP contribution in [0, 0.1) is 0 Å². The number of aromatic nitrogens is 2. The second-order valence-corrected chi connectivity index (χ2v) is 4.94. The van der Waals surface area contributed by atoms with Gasteiger partial charge in [-0.05, 0) is 30.8 Å². The van der Waals surface area contributed by atoms with Gasteiger partial charge in [0, 0.05) is 24.2 Å². The van der Waals surface area contributed by atoms with Gasteiger partial charge in [0.25, 0.3) is 0 Å². The third-order valence-electron chi connectivity index (χ3n) is 2.79. The molecule has 0 saturated carbocycles. The number of methoxy groups -OCH3 is 1. The molecule has 0 aliphatic rings. The first-order valence-corrected chi connectivity index (χ1v) is 7.03. The van der Waals surface area contributed by atoms with E-state index in [1.165, 1.54) is 5.56 Å². The fraction of sp³-hybridized carbons (Fsp3) is 0.286. The smallest absolute Gasteiger partial charge is 0.187 e. The van der Waals surface area contributed by atoms with Crippen molar-refractivity contribution in [3.8, 4) is 5.75 Å². The molecule has 1 unspecified atom stereocenters. The maximum atomic E-state index is 5.17. The highest BCUT2D eigenvalue weighted by molar-refractivity contribution is 7.99. The van der Waals surface area contributed by atoms with Crippen molar-refractivity contribution in [2.75, 3.05) is 19.9 Å². The first-order valence-electron chi connectivity index (χ1n) is 6.04. The quantitative estimate of drug-likeness (QED) is 0.648. The Morgan fingerprint density at radius 1 is 1.21 bits per heavy atom. The minimum atomic E-state index is 0.264. The van der Waals surface area contributed by atoms with Crippen molar-refractivity contribution < 1.29 is 4.74 Å². The number of rotatable bonds is 6. The molecule has 0 saturated heterocycles. The van der Waals surface area contributed by atoms with E-state index in [4.69, 9.17) is 4.74 Å². The molecule has 0 spiro atoms. The molecule has 0 radical (unpaired) electrons. The molecule has 5 heteroatoms. The summed E-state index contributed by atoms with van der Waals surface area (Å²) < 4.78 is 5.17. The van der Waals surface area contributed by atoms with E-state index in [0.717, 1.165) is 16.7 Å². The number of benzene rings is 1. The number of hydrogen-bond donors (Lipinski definition) is 1. The third kappa shape index (κ3) is 3.94. The summed E-state index contributed by atoms with van der Waals surface area (Å²) in [6.45, 7) is 0. The first-order chi connectivity index (χ1) is 9.33. The molecule has 2 rings (SSSR count). The van der Waals surface area contributed by atoms with Crippen molar-refractivity contribution in [2.24, 2.45) is 0 Å². The second-order valence-electron chi connectivity index (χ2n) is 3.96. The lowest BCUT2D eigenvalue weighted by Crippen LogP contribution is -2.18. The fourth-order valence-electron chi connectivity index (χ4n) is 1.70. The van der Waals surface area contributed by atoms with Crippen LogP contribution < -0.4 is 10.1 Å². The van der Waals surface area contributed by atoms with Crippen molar-refractivity contribution in [3.05, 3.63) is 48.3 Å². The van der Waals surface area contributed by atoms with Crippen LogP contribution in [0.15, 0.2) is 47.9 Å². The normalized spacial score (nSPS) is 12.1. The summed E-state index contributed by atoms with van der Waals surface area (Å²) in [6.07, 6.45) is 3.52. The van der Waals surface area contributed by atoms with E-state index in [2.05, 4.69) is 27.4 Å². The minimum absolute atomic E-state index is 0.264. The molecule has 100 valence electrons. The van der Waals surface area contributed by atoms with Crippen LogP contribution >= 0.6 is 11.8 Å². The Morgan fingerprint density at radius 3 is 2.47 bits per heavy atom. The van der Waals surface area contributed by atoms with Crippen LogP contribution in [0.1, 0.15) is 11.6 Å². The van der Waals surface area contributed by atoms with E-state index in [1.54, 1.807) is 31.3 Å². The molecule has 0 bridgehead atoms. The molecule has 0 fully saturated rings. The van der Waals surface area contributed by atoms with Crippen molar-refractivity contribution in [3.63, 3.8) is 0 Å². The monoisotopic (exact) mass is 275 g/mol. The summed E-state index contributed by atoms with van der Waals surface area (Å²) in [5, 5.41) is 4.11. The molecule has 2 aromatic rings. The number of thioether (sulfide) groups is 1. The fourth-order valence-corrected chi connectivity index (χ4v) is 2.65. The molecule has 19 heavy (non-hydrogen) atoms. The van der Waals surface area contributed by atoms with Crippen LogP contribution in [-0.2, 0) is 0 Å². The lowest BCUT2D eigenvalue weighted by Gasteiger charge is -2.16. The molecular weight excluding hydrogens is 258 g/mol. The minimum Gasteiger partial charge on any atom is -0.497 e. The van der Waals surface area contributed by atoms with E-state index < -0.39 is 0 Å². The van der Waals surface area contributed by atoms with Gasteiger partial charge in [0.1, 0.15) is 5.75 Å². The van der Waals surface area contributed by atoms with Crippen molar-refractivity contribution >= 4 is 11.8 Å². The van der Waals surface area contributed by atoms with Gasteiger partial charge in [0.05, 0.1) is 7.11 Å². The number of hydrogen-bond acceptors (Lipinski definition) is 5. The van der Waals surface area contributed by atoms with Crippen LogP contribution in [0.2, 0.25) is 0 Å². The van der Waals surface area contributed by atoms with Gasteiger partial charge in [-0.15, -0.1) is 0 Å². The zero-order valence-corrected chi connectivity index (χ0v) is 11.9. The Morgan fingerprint density at radius 2 is 1.89 bits per heavy atom. The zero-order chi connectivity index (χ0) is 13.5. The number of nitrogens with one attached hydrogen (secondary N) is 1. The van der Waals surface area contributed by atoms with Crippen LogP contribution in [0.4, 0.5) is 0 Å². The number of ether oxygens (including phenoxy) is 1. The van der Waals surface area contributed by atoms with Crippen LogP contribution in [0.3, 0.4) is 0 Å². The second kappa shape index (κ2) is 7.11. The Labute approximate surface area is 117 Å². The van der Waals surface area contributed by atoms with E-state index in [1.807, 2.05) is 25.2 Å². The first kappa shape index (κ1) is 13.8. The summed E-state index contributed by atoms with van der Waals surface area (Å²) in [7, 11) is 3.63. The van der Waals surface area contributed by atoms with Gasteiger partial charge in [-0.1, -0.05) is 23.9 Å². The molecule has 1 aromatic heterocycles. The van der Waals surface area contributed by atoms with Gasteiger partial charge < -0.3 is 10.1 Å². The van der Waals surface area contributed by atoms with E-state index >= 15 is 0 Å². The highest BCUT2D eigenvalue weighted by Gasteiger charge is 2.10. The summed E-state index contributed by atoms with van der Waals surface area (Å²) >= 11 is 1.64. The third-order valence-corrected chi connectivity index (χ3v) is 3.76. The van der Waals surface area contributed by atoms with Crippen molar-refractivity contribution in [2.45, 2.75) is 11.2 Å². The molecule has 1 aromatic carbocycles. The Bertz CT molecular complexity index is 490. The van der Waals surface area contributed by atoms with E-state index in [-0.39, 0.29) is 6.04 Å². The number of nitrogens with zero attached hydrogens (tertiary/aromatic N) is 2. The zero-order valence-electron chi connectivity index (χ0n) is 11.0. The summed E-state index contributed by atoms with van der Waals surface area (Å²) in [4.78, 5) is 8.42. The highest BCUT2D eigenvalue weighted by Crippen LogP contribution is 2.23. The van der Waals surface area contributed by atoms with Crippen LogP contribution in [-0.4, -0.2) is 29.9 Å². The predicted molar refractivity (Wildman–Crippen MR) is 77.6 cm³/mol. The molecule has 0 amide bonds. The Hall–Kier alpha value is -1.59. The lowest BCUT2D eigenvalue weighted by molar-refractivity contribution is 0.414. The average molecular weight is 275 g/mol. The van der Waals surface area contributed by atoms with Gasteiger partial charge in [-0.3, -0.25) is 0 Å². The Balaban J connectivity index is 1.99. The summed E-state index contributed by atoms with van der Waals surface area (Å²) in [5.41, 5.74) is 1.23. The molecule has 4 nitrogen and oxygen atoms in total. The van der Waals surface area contributed by atoms with Gasteiger partial charge in [0.2, 0.25) is 0 Å². The average Bonchev–Trinajstić information content (AvgIpc) is 2.49. The summed E-state index contributed by atoms with van der Waals surface area (Å²) in [6, 6.07) is 10.2. The van der Waals surface area contributed by atoms with Crippen molar-refractivity contribution in [1.29, 1.82) is 0 Å². The standard InChI is InChI=1S/C14H17N3OS/c1-15-13(10-19-14-16-8-3-9-17-14)11-4-6-12(18-2)7-5-11/h3-9,13,15H,10H2,1-2H3. The van der Waals surface area contributed by atoms with Gasteiger partial charge >= 0.3 is 0 Å². The van der Waals surface area contributed by atoms with Crippen LogP contribution in [0.5, 0.6) is 5.75 Å². The molecule has 0 aliphatic heterocycles. The largest absolute Gasteiger partial charge is 0.497 e. The molecule has 1 N–H and O–H groups in total. The highest BCUT2D eigenvalue weighted by atomic mass is 32.2. The van der Waals surface area contributed by atoms with Gasteiger partial charge in [-0.2, -0.15) is 0 Å². The predicted octanol–water partition coefficient (Wildman–Crippen LogP) is 2.54. The lowest BCUT2D eigenvalue weighted by atomic mass is 10.1. The maximum absolute atomic E-state index is 5.17. The van der Waals surface area contributed by atoms with Crippen LogP contribution in [0.25, 0.3) is 0 Å². The van der Waals surface area contributed by atoms with E-state index in [0.29, 0.717) is 0 Å². The maximum Gasteiger partial charge on any atom is 0.187 e. The van der Waals surface area contributed by atoms with Gasteiger partial charge in [-0.25, -0.2) is 9.97 Å².